The van der Waals surface area contributed by atoms with E-state index in [1.165, 1.54) is 135 Å². The summed E-state index contributed by atoms with van der Waals surface area (Å²) in [6.07, 6.45) is 34.5. The summed E-state index contributed by atoms with van der Waals surface area (Å²) in [5.74, 6) is 0.0943. The van der Waals surface area contributed by atoms with Gasteiger partial charge in [0.1, 0.15) is 6.04 Å². The minimum absolute atomic E-state index is 0.132. The van der Waals surface area contributed by atoms with Gasteiger partial charge in [0, 0.05) is 19.5 Å². The molecule has 0 aromatic heterocycles. The number of hydrazine groups is 1. The van der Waals surface area contributed by atoms with Crippen molar-refractivity contribution in [2.75, 3.05) is 19.7 Å². The van der Waals surface area contributed by atoms with Gasteiger partial charge < -0.3 is 10.5 Å². The lowest BCUT2D eigenvalue weighted by Crippen LogP contribution is -2.52. The van der Waals surface area contributed by atoms with Crippen LogP contribution in [0.4, 0.5) is 0 Å². The van der Waals surface area contributed by atoms with Crippen molar-refractivity contribution in [1.29, 1.82) is 0 Å². The van der Waals surface area contributed by atoms with E-state index < -0.39 is 0 Å². The highest BCUT2D eigenvalue weighted by Crippen LogP contribution is 2.16. The zero-order valence-corrected chi connectivity index (χ0v) is 30.1. The molecule has 1 saturated heterocycles. The Balaban J connectivity index is 0.000000902. The Labute approximate surface area is 274 Å². The largest absolute Gasteiger partial charge is 0.466 e. The van der Waals surface area contributed by atoms with Gasteiger partial charge in [-0.25, -0.2) is 10.4 Å². The van der Waals surface area contributed by atoms with Crippen LogP contribution in [0.25, 0.3) is 0 Å². The second-order valence-electron chi connectivity index (χ2n) is 13.6. The first-order valence-corrected chi connectivity index (χ1v) is 19.4. The third-order valence-electron chi connectivity index (χ3n) is 9.04. The Bertz CT molecular complexity index is 608. The van der Waals surface area contributed by atoms with Crippen LogP contribution in [0.2, 0.25) is 0 Å². The van der Waals surface area contributed by atoms with Gasteiger partial charge in [0.25, 0.3) is 0 Å². The maximum Gasteiger partial charge on any atom is 0.305 e. The Morgan fingerprint density at radius 1 is 0.636 bits per heavy atom. The van der Waals surface area contributed by atoms with Crippen LogP contribution in [0.1, 0.15) is 201 Å². The van der Waals surface area contributed by atoms with Crippen LogP contribution in [-0.4, -0.2) is 42.6 Å². The molecule has 1 heterocycles. The Morgan fingerprint density at radius 3 is 1.55 bits per heavy atom. The zero-order chi connectivity index (χ0) is 32.5. The summed E-state index contributed by atoms with van der Waals surface area (Å²) in [4.78, 5) is 23.4. The van der Waals surface area contributed by atoms with Crippen LogP contribution in [0, 0.1) is 5.92 Å². The van der Waals surface area contributed by atoms with E-state index in [-0.39, 0.29) is 17.9 Å². The number of nitrogens with zero attached hydrogens (tertiary/aromatic N) is 1. The summed E-state index contributed by atoms with van der Waals surface area (Å²) in [6, 6.07) is -0.384. The van der Waals surface area contributed by atoms with E-state index >= 15 is 0 Å². The van der Waals surface area contributed by atoms with Crippen LogP contribution < -0.4 is 11.2 Å². The molecule has 0 saturated carbocycles. The molecular weight excluding hydrogens is 546 g/mol. The second kappa shape index (κ2) is 33.2. The topological polar surface area (TPSA) is 84.7 Å². The number of piperidine rings is 1. The quantitative estimate of drug-likeness (QED) is 0.0639. The molecule has 1 aliphatic heterocycles. The molecule has 2 unspecified atom stereocenters. The van der Waals surface area contributed by atoms with Gasteiger partial charge in [0.05, 0.1) is 6.61 Å². The fourth-order valence-corrected chi connectivity index (χ4v) is 5.93. The predicted octanol–water partition coefficient (Wildman–Crippen LogP) is 10.4. The maximum absolute atomic E-state index is 11.8. The molecule has 3 N–H and O–H groups in total. The molecule has 0 aromatic rings. The molecule has 1 rings (SSSR count). The summed E-state index contributed by atoms with van der Waals surface area (Å²) in [5.41, 5.74) is 8.72. The van der Waals surface area contributed by atoms with Crippen LogP contribution in [0.3, 0.4) is 0 Å². The van der Waals surface area contributed by atoms with Crippen molar-refractivity contribution >= 4 is 11.9 Å². The Morgan fingerprint density at radius 2 is 1.09 bits per heavy atom. The molecule has 6 heteroatoms. The number of esters is 1. The van der Waals surface area contributed by atoms with Gasteiger partial charge in [-0.15, -0.1) is 0 Å². The number of unbranched alkanes of at least 4 members (excludes halogenated alkanes) is 17. The third kappa shape index (κ3) is 29.6. The molecule has 2 atom stereocenters. The second-order valence-corrected chi connectivity index (χ2v) is 13.6. The van der Waals surface area contributed by atoms with Crippen molar-refractivity contribution in [1.82, 2.24) is 10.4 Å². The maximum atomic E-state index is 11.8. The van der Waals surface area contributed by atoms with Gasteiger partial charge in [0.15, 0.2) is 0 Å². The first-order chi connectivity index (χ1) is 21.4. The van der Waals surface area contributed by atoms with Crippen molar-refractivity contribution in [3.8, 4) is 0 Å². The third-order valence-corrected chi connectivity index (χ3v) is 9.04. The lowest BCUT2D eigenvalue weighted by molar-refractivity contribution is -0.144. The van der Waals surface area contributed by atoms with Crippen molar-refractivity contribution in [2.24, 2.45) is 11.7 Å². The molecule has 262 valence electrons. The number of nitrogens with two attached hydrogens (primary N) is 1. The Hall–Kier alpha value is -1.14. The fraction of sp³-hybridized carbons (Fsp3) is 0.947. The highest BCUT2D eigenvalue weighted by molar-refractivity contribution is 5.79. The van der Waals surface area contributed by atoms with E-state index in [0.717, 1.165) is 32.4 Å². The zero-order valence-electron chi connectivity index (χ0n) is 30.1. The number of carbonyl (C=O) groups excluding carboxylic acids is 2. The number of nitrogens with one attached hydrogen (secondary N) is 1. The minimum atomic E-state index is -0.384. The van der Waals surface area contributed by atoms with E-state index in [9.17, 15) is 9.59 Å². The molecule has 0 bridgehead atoms. The molecule has 1 amide bonds. The SMILES string of the molecule is CCCCCC(C)CCC(=O)OCCCC(NN1CCCCC1)C(N)=O.CCCCCCCCCCCCCCCCCC. The monoisotopic (exact) mass is 624 g/mol. The normalized spacial score (nSPS) is 14.9. The number of carbonyl (C=O) groups is 2. The van der Waals surface area contributed by atoms with E-state index in [1.54, 1.807) is 0 Å². The summed E-state index contributed by atoms with van der Waals surface area (Å²) in [7, 11) is 0. The molecule has 0 spiro atoms. The first kappa shape index (κ1) is 42.9. The average Bonchev–Trinajstić information content (AvgIpc) is 3.02. The van der Waals surface area contributed by atoms with Gasteiger partial charge in [-0.2, -0.15) is 0 Å². The number of ether oxygens (including phenoxy) is 1. The molecule has 0 aromatic carbocycles. The van der Waals surface area contributed by atoms with E-state index in [1.807, 2.05) is 0 Å². The van der Waals surface area contributed by atoms with Gasteiger partial charge in [0.2, 0.25) is 5.91 Å². The molecule has 1 fully saturated rings. The first-order valence-electron chi connectivity index (χ1n) is 19.4. The number of rotatable bonds is 29. The molecule has 0 aliphatic carbocycles. The van der Waals surface area contributed by atoms with Gasteiger partial charge in [-0.1, -0.05) is 163 Å². The number of amides is 1. The lowest BCUT2D eigenvalue weighted by atomic mass is 9.98. The Kier molecular flexibility index (Phi) is 32.4. The smallest absolute Gasteiger partial charge is 0.305 e. The molecule has 1 aliphatic rings. The van der Waals surface area contributed by atoms with Crippen molar-refractivity contribution < 1.29 is 14.3 Å². The molecule has 0 radical (unpaired) electrons. The van der Waals surface area contributed by atoms with Crippen molar-refractivity contribution in [3.05, 3.63) is 0 Å². The summed E-state index contributed by atoms with van der Waals surface area (Å²) in [6.45, 7) is 11.3. The summed E-state index contributed by atoms with van der Waals surface area (Å²) >= 11 is 0. The summed E-state index contributed by atoms with van der Waals surface area (Å²) < 4.78 is 5.31. The molecule has 44 heavy (non-hydrogen) atoms. The highest BCUT2D eigenvalue weighted by atomic mass is 16.5. The number of primary amides is 1. The van der Waals surface area contributed by atoms with Gasteiger partial charge in [-0.05, 0) is 38.0 Å². The van der Waals surface area contributed by atoms with Crippen LogP contribution >= 0.6 is 0 Å². The van der Waals surface area contributed by atoms with Gasteiger partial charge >= 0.3 is 5.97 Å². The van der Waals surface area contributed by atoms with Crippen molar-refractivity contribution in [2.45, 2.75) is 207 Å². The van der Waals surface area contributed by atoms with Crippen LogP contribution in [0.5, 0.6) is 0 Å². The fourth-order valence-electron chi connectivity index (χ4n) is 5.93. The van der Waals surface area contributed by atoms with Crippen LogP contribution in [-0.2, 0) is 14.3 Å². The average molecular weight is 624 g/mol. The summed E-state index contributed by atoms with van der Waals surface area (Å²) in [5, 5.41) is 2.09. The minimum Gasteiger partial charge on any atom is -0.466 e. The lowest BCUT2D eigenvalue weighted by Gasteiger charge is -2.30. The van der Waals surface area contributed by atoms with E-state index in [4.69, 9.17) is 10.5 Å². The molecule has 6 nitrogen and oxygen atoms in total. The van der Waals surface area contributed by atoms with Gasteiger partial charge in [-0.3, -0.25) is 9.59 Å². The highest BCUT2D eigenvalue weighted by Gasteiger charge is 2.20. The van der Waals surface area contributed by atoms with E-state index in [2.05, 4.69) is 38.1 Å². The van der Waals surface area contributed by atoms with Crippen molar-refractivity contribution in [3.63, 3.8) is 0 Å². The number of hydrogen-bond acceptors (Lipinski definition) is 5. The van der Waals surface area contributed by atoms with Crippen LogP contribution in [0.15, 0.2) is 0 Å². The van der Waals surface area contributed by atoms with E-state index in [0.29, 0.717) is 31.8 Å². The predicted molar refractivity (Wildman–Crippen MR) is 189 cm³/mol. The number of hydrogen-bond donors (Lipinski definition) is 2. The molecular formula is C38H77N3O3. The standard InChI is InChI=1S/C20H39N3O3.C18H38/c1-3-4-6-10-17(2)12-13-19(24)26-16-9-11-18(20(21)25)22-23-14-7-5-8-15-23;1-3-5-7-9-11-13-15-17-18-16-14-12-10-8-6-4-2/h17-18,22H,3-16H2,1-2H3,(H2,21,25);3-18H2,1-2H3.